The van der Waals surface area contributed by atoms with Crippen LogP contribution in [0.15, 0.2) is 103 Å². The van der Waals surface area contributed by atoms with Gasteiger partial charge in [0.2, 0.25) is 0 Å². The van der Waals surface area contributed by atoms with E-state index in [9.17, 15) is 9.59 Å². The molecule has 2 heterocycles. The van der Waals surface area contributed by atoms with E-state index < -0.39 is 0 Å². The number of fused-ring (bicyclic) bond motifs is 3. The van der Waals surface area contributed by atoms with Crippen LogP contribution >= 0.6 is 0 Å². The molecule has 0 saturated carbocycles. The standard InChI is InChI=1S/C37H35NO4/c1-4-6-16-38(17-7-5-2)31-15-14-29-22-33(37(40)42-35(29)23-31)27-13-11-25-10-12-26(19-30(25)20-27)32-21-28-9-8-24(3)18-34(28)41-36(32)39/h8-15,18-23H,4-7,16-17H2,1-3H3. The van der Waals surface area contributed by atoms with E-state index in [1.165, 1.54) is 0 Å². The quantitative estimate of drug-likeness (QED) is 0.166. The second-order valence-electron chi connectivity index (χ2n) is 11.1. The van der Waals surface area contributed by atoms with E-state index in [2.05, 4.69) is 24.8 Å². The predicted molar refractivity (Wildman–Crippen MR) is 174 cm³/mol. The lowest BCUT2D eigenvalue weighted by Gasteiger charge is -2.24. The topological polar surface area (TPSA) is 63.7 Å². The highest BCUT2D eigenvalue weighted by Crippen LogP contribution is 2.30. The van der Waals surface area contributed by atoms with Crippen LogP contribution in [0, 0.1) is 6.92 Å². The highest BCUT2D eigenvalue weighted by molar-refractivity contribution is 5.93. The van der Waals surface area contributed by atoms with E-state index in [-0.39, 0.29) is 11.3 Å². The first-order chi connectivity index (χ1) is 20.4. The summed E-state index contributed by atoms with van der Waals surface area (Å²) in [6, 6.07) is 27.6. The van der Waals surface area contributed by atoms with Crippen molar-refractivity contribution in [2.75, 3.05) is 18.0 Å². The molecule has 2 aromatic heterocycles. The van der Waals surface area contributed by atoms with Crippen molar-refractivity contribution in [1.29, 1.82) is 0 Å². The fourth-order valence-electron chi connectivity index (χ4n) is 5.57. The maximum atomic E-state index is 13.2. The summed E-state index contributed by atoms with van der Waals surface area (Å²) < 4.78 is 11.5. The normalized spacial score (nSPS) is 11.5. The number of hydrogen-bond acceptors (Lipinski definition) is 5. The van der Waals surface area contributed by atoms with Crippen molar-refractivity contribution in [3.8, 4) is 22.3 Å². The van der Waals surface area contributed by atoms with Crippen LogP contribution in [-0.2, 0) is 0 Å². The number of rotatable bonds is 9. The van der Waals surface area contributed by atoms with Gasteiger partial charge < -0.3 is 13.7 Å². The molecule has 0 aliphatic carbocycles. The molecule has 0 unspecified atom stereocenters. The molecule has 0 spiro atoms. The van der Waals surface area contributed by atoms with E-state index in [0.29, 0.717) is 22.3 Å². The van der Waals surface area contributed by atoms with Crippen LogP contribution in [0.4, 0.5) is 5.69 Å². The van der Waals surface area contributed by atoms with Gasteiger partial charge in [-0.3, -0.25) is 0 Å². The number of hydrogen-bond donors (Lipinski definition) is 0. The Kier molecular flexibility index (Phi) is 7.66. The third-order valence-electron chi connectivity index (χ3n) is 8.00. The van der Waals surface area contributed by atoms with E-state index in [0.717, 1.165) is 82.7 Å². The molecule has 6 rings (SSSR count). The summed E-state index contributed by atoms with van der Waals surface area (Å²) in [7, 11) is 0. The lowest BCUT2D eigenvalue weighted by molar-refractivity contribution is 0.563. The fraction of sp³-hybridized carbons (Fsp3) is 0.243. The van der Waals surface area contributed by atoms with Crippen molar-refractivity contribution in [1.82, 2.24) is 0 Å². The summed E-state index contributed by atoms with van der Waals surface area (Å²) in [6.07, 6.45) is 4.52. The van der Waals surface area contributed by atoms with E-state index in [1.807, 2.05) is 85.8 Å². The Morgan fingerprint density at radius 2 is 1.10 bits per heavy atom. The van der Waals surface area contributed by atoms with Crippen molar-refractivity contribution >= 4 is 38.4 Å². The van der Waals surface area contributed by atoms with Gasteiger partial charge >= 0.3 is 11.3 Å². The predicted octanol–water partition coefficient (Wildman–Crippen LogP) is 9.10. The molecule has 42 heavy (non-hydrogen) atoms. The highest BCUT2D eigenvalue weighted by Gasteiger charge is 2.13. The Balaban J connectivity index is 1.37. The first-order valence-corrected chi connectivity index (χ1v) is 14.9. The molecule has 6 aromatic rings. The minimum atomic E-state index is -0.374. The molecule has 212 valence electrons. The van der Waals surface area contributed by atoms with E-state index >= 15 is 0 Å². The summed E-state index contributed by atoms with van der Waals surface area (Å²) in [4.78, 5) is 28.5. The zero-order chi connectivity index (χ0) is 29.2. The second kappa shape index (κ2) is 11.7. The van der Waals surface area contributed by atoms with Gasteiger partial charge in [-0.05, 0) is 89.7 Å². The summed E-state index contributed by atoms with van der Waals surface area (Å²) in [5.74, 6) is 0. The smallest absolute Gasteiger partial charge is 0.344 e. The van der Waals surface area contributed by atoms with Gasteiger partial charge in [0.15, 0.2) is 0 Å². The largest absolute Gasteiger partial charge is 0.422 e. The average molecular weight is 558 g/mol. The lowest BCUT2D eigenvalue weighted by Crippen LogP contribution is -2.25. The molecular formula is C37H35NO4. The Morgan fingerprint density at radius 3 is 1.67 bits per heavy atom. The molecule has 0 aliphatic rings. The summed E-state index contributed by atoms with van der Waals surface area (Å²) in [5, 5.41) is 3.69. The lowest BCUT2D eigenvalue weighted by atomic mass is 9.98. The number of nitrogens with zero attached hydrogens (tertiary/aromatic N) is 1. The number of benzene rings is 4. The van der Waals surface area contributed by atoms with E-state index in [4.69, 9.17) is 8.83 Å². The molecule has 5 heteroatoms. The number of aryl methyl sites for hydroxylation is 1. The van der Waals surface area contributed by atoms with Crippen molar-refractivity contribution in [3.63, 3.8) is 0 Å². The molecule has 0 fully saturated rings. The van der Waals surface area contributed by atoms with Gasteiger partial charge in [0, 0.05) is 35.6 Å². The first kappa shape index (κ1) is 27.5. The van der Waals surface area contributed by atoms with Crippen LogP contribution in [0.25, 0.3) is 55.0 Å². The zero-order valence-corrected chi connectivity index (χ0v) is 24.4. The molecular weight excluding hydrogens is 522 g/mol. The maximum Gasteiger partial charge on any atom is 0.344 e. The highest BCUT2D eigenvalue weighted by atomic mass is 16.4. The summed E-state index contributed by atoms with van der Waals surface area (Å²) in [6.45, 7) is 8.36. The number of anilines is 1. The minimum Gasteiger partial charge on any atom is -0.422 e. The maximum absolute atomic E-state index is 13.2. The molecule has 5 nitrogen and oxygen atoms in total. The van der Waals surface area contributed by atoms with Gasteiger partial charge in [-0.2, -0.15) is 0 Å². The van der Waals surface area contributed by atoms with Crippen molar-refractivity contribution < 1.29 is 8.83 Å². The van der Waals surface area contributed by atoms with Crippen molar-refractivity contribution in [3.05, 3.63) is 111 Å². The van der Waals surface area contributed by atoms with Crippen LogP contribution in [0.1, 0.15) is 45.1 Å². The summed E-state index contributed by atoms with van der Waals surface area (Å²) in [5.41, 5.74) is 5.12. The van der Waals surface area contributed by atoms with Crippen molar-refractivity contribution in [2.24, 2.45) is 0 Å². The van der Waals surface area contributed by atoms with Gasteiger partial charge in [-0.25, -0.2) is 9.59 Å². The summed E-state index contributed by atoms with van der Waals surface area (Å²) >= 11 is 0. The van der Waals surface area contributed by atoms with Crippen molar-refractivity contribution in [2.45, 2.75) is 46.5 Å². The van der Waals surface area contributed by atoms with Crippen LogP contribution < -0.4 is 16.2 Å². The van der Waals surface area contributed by atoms with Crippen LogP contribution in [0.5, 0.6) is 0 Å². The monoisotopic (exact) mass is 557 g/mol. The Bertz CT molecular complexity index is 2030. The average Bonchev–Trinajstić information content (AvgIpc) is 2.99. The minimum absolute atomic E-state index is 0.366. The van der Waals surface area contributed by atoms with Gasteiger partial charge in [0.1, 0.15) is 11.2 Å². The molecule has 4 aromatic carbocycles. The third-order valence-corrected chi connectivity index (χ3v) is 8.00. The fourth-order valence-corrected chi connectivity index (χ4v) is 5.57. The Labute approximate surface area is 245 Å². The molecule has 0 radical (unpaired) electrons. The van der Waals surface area contributed by atoms with Gasteiger partial charge in [-0.1, -0.05) is 63.1 Å². The van der Waals surface area contributed by atoms with Crippen LogP contribution in [0.3, 0.4) is 0 Å². The molecule has 0 bridgehead atoms. The molecule has 0 amide bonds. The van der Waals surface area contributed by atoms with Crippen LogP contribution in [0.2, 0.25) is 0 Å². The molecule has 0 N–H and O–H groups in total. The first-order valence-electron chi connectivity index (χ1n) is 14.9. The van der Waals surface area contributed by atoms with Gasteiger partial charge in [-0.15, -0.1) is 0 Å². The Morgan fingerprint density at radius 1 is 0.571 bits per heavy atom. The molecule has 0 atom stereocenters. The van der Waals surface area contributed by atoms with Gasteiger partial charge in [0.05, 0.1) is 11.1 Å². The third kappa shape index (κ3) is 5.47. The second-order valence-corrected chi connectivity index (χ2v) is 11.1. The zero-order valence-electron chi connectivity index (χ0n) is 24.4. The number of unbranched alkanes of at least 4 members (excludes halogenated alkanes) is 2. The molecule has 0 saturated heterocycles. The van der Waals surface area contributed by atoms with Crippen LogP contribution in [-0.4, -0.2) is 13.1 Å². The SMILES string of the molecule is CCCCN(CCCC)c1ccc2cc(-c3ccc4ccc(-c5cc6ccc(C)cc6oc5=O)cc4c3)c(=O)oc2c1. The van der Waals surface area contributed by atoms with Gasteiger partial charge in [0.25, 0.3) is 0 Å². The van der Waals surface area contributed by atoms with E-state index in [1.54, 1.807) is 0 Å². The molecule has 0 aliphatic heterocycles. The Hall–Kier alpha value is -4.64.